The van der Waals surface area contributed by atoms with Crippen LogP contribution in [-0.4, -0.2) is 181 Å². The van der Waals surface area contributed by atoms with Crippen molar-refractivity contribution >= 4 is 124 Å². The Morgan fingerprint density at radius 1 is 0.440 bits per heavy atom. The van der Waals surface area contributed by atoms with Gasteiger partial charge in [0.25, 0.3) is 48.5 Å². The molecule has 4 amide bonds. The Bertz CT molecular complexity index is 5850. The van der Waals surface area contributed by atoms with Crippen LogP contribution in [0.3, 0.4) is 0 Å². The molecule has 5 aliphatic heterocycles. The summed E-state index contributed by atoms with van der Waals surface area (Å²) >= 11 is 10.7. The van der Waals surface area contributed by atoms with Gasteiger partial charge in [-0.1, -0.05) is 0 Å². The van der Waals surface area contributed by atoms with Gasteiger partial charge in [0, 0.05) is 104 Å². The molecule has 0 spiro atoms. The highest BCUT2D eigenvalue weighted by Crippen LogP contribution is 2.38. The van der Waals surface area contributed by atoms with Crippen LogP contribution in [0, 0.1) is 61.2 Å². The molecule has 0 bridgehead atoms. The second-order valence-corrected chi connectivity index (χ2v) is 34.8. The number of carbonyl (C=O) groups excluding carboxylic acids is 4. The molecule has 11 aromatic heterocycles. The zero-order valence-electron chi connectivity index (χ0n) is 66.9. The van der Waals surface area contributed by atoms with Crippen molar-refractivity contribution in [3.05, 3.63) is 224 Å². The van der Waals surface area contributed by atoms with Gasteiger partial charge >= 0.3 is 7.12 Å². The lowest BCUT2D eigenvalue weighted by atomic mass is 9.89. The number of pyridine rings is 4. The zero-order chi connectivity index (χ0) is 90.4. The van der Waals surface area contributed by atoms with E-state index in [2.05, 4.69) is 115 Å². The van der Waals surface area contributed by atoms with Crippen LogP contribution in [-0.2, 0) is 133 Å². The van der Waals surface area contributed by atoms with Crippen molar-refractivity contribution in [2.75, 3.05) is 0 Å². The maximum Gasteiger partial charge on any atom is 0.507 e. The first kappa shape index (κ1) is 92.4. The molecule has 0 N–H and O–H groups in total. The number of rotatable bonds is 23. The Labute approximate surface area is 731 Å². The number of thiazole rings is 3. The number of halogens is 10. The van der Waals surface area contributed by atoms with E-state index >= 15 is 0 Å². The fraction of sp³-hybridized carbons (Fsp3) is 0.392. The van der Waals surface area contributed by atoms with Gasteiger partial charge in [0.1, 0.15) is 58.2 Å². The lowest BCUT2D eigenvalue weighted by Crippen LogP contribution is -2.41. The van der Waals surface area contributed by atoms with Gasteiger partial charge in [-0.3, -0.25) is 83.3 Å². The molecule has 0 aliphatic carbocycles. The molecule has 125 heavy (non-hydrogen) atoms. The van der Waals surface area contributed by atoms with Gasteiger partial charge in [0.05, 0.1) is 159 Å². The highest BCUT2D eigenvalue weighted by atomic mass is 79.9. The summed E-state index contributed by atoms with van der Waals surface area (Å²) in [5.74, 6) is -1.43. The molecular weight excluding hydrogens is 1850 g/mol. The van der Waals surface area contributed by atoms with Crippen molar-refractivity contribution in [1.29, 1.82) is 0 Å². The summed E-state index contributed by atoms with van der Waals surface area (Å²) in [6, 6.07) is 11.2. The summed E-state index contributed by atoms with van der Waals surface area (Å²) in [6.45, 7) is 13.4. The van der Waals surface area contributed by atoms with Crippen molar-refractivity contribution in [3.63, 3.8) is 0 Å². The summed E-state index contributed by atoms with van der Waals surface area (Å²) in [5, 5.41) is 63.6. The van der Waals surface area contributed by atoms with E-state index in [1.165, 1.54) is 130 Å². The monoisotopic (exact) mass is 1920 g/mol. The summed E-state index contributed by atoms with van der Waals surface area (Å²) < 4.78 is 119. The van der Waals surface area contributed by atoms with Crippen molar-refractivity contribution in [2.45, 2.75) is 190 Å². The second kappa shape index (κ2) is 39.2. The molecule has 11 aromatic rings. The van der Waals surface area contributed by atoms with Gasteiger partial charge in [0.2, 0.25) is 23.6 Å². The van der Waals surface area contributed by atoms with Gasteiger partial charge in [-0.05, 0) is 105 Å². The molecule has 0 radical (unpaired) electrons. The Balaban J connectivity index is 0.000000144. The van der Waals surface area contributed by atoms with Crippen LogP contribution >= 0.6 is 65.9 Å². The number of fused-ring (bicyclic) bond motifs is 4. The van der Waals surface area contributed by atoms with Crippen LogP contribution in [0.2, 0.25) is 0 Å². The molecule has 5 aliphatic rings. The first-order valence-electron chi connectivity index (χ1n) is 37.5. The van der Waals surface area contributed by atoms with Crippen molar-refractivity contribution in [3.8, 4) is 21.1 Å². The minimum absolute atomic E-state index is 0.0505. The van der Waals surface area contributed by atoms with Gasteiger partial charge in [-0.15, -0.1) is 34.0 Å². The van der Waals surface area contributed by atoms with E-state index in [1.807, 2.05) is 27.0 Å². The maximum absolute atomic E-state index is 12.8. The van der Waals surface area contributed by atoms with Crippen LogP contribution in [0.4, 0.5) is 57.9 Å². The molecule has 0 saturated carbocycles. The van der Waals surface area contributed by atoms with Gasteiger partial charge in [0.15, 0.2) is 0 Å². The number of alkyl halides is 8. The average Bonchev–Trinajstić information content (AvgIpc) is 1.63. The number of amides is 4. The van der Waals surface area contributed by atoms with E-state index in [9.17, 15) is 94.8 Å². The Morgan fingerprint density at radius 2 is 0.760 bits per heavy atom. The van der Waals surface area contributed by atoms with Gasteiger partial charge < -0.3 is 28.9 Å². The smallest absolute Gasteiger partial charge is 0.399 e. The van der Waals surface area contributed by atoms with Crippen molar-refractivity contribution in [2.24, 2.45) is 0 Å². The lowest BCUT2D eigenvalue weighted by Gasteiger charge is -2.32. The zero-order valence-corrected chi connectivity index (χ0v) is 72.5. The summed E-state index contributed by atoms with van der Waals surface area (Å²) in [4.78, 5) is 130. The molecule has 658 valence electrons. The molecule has 0 aromatic carbocycles. The second-order valence-electron chi connectivity index (χ2n) is 29.4. The van der Waals surface area contributed by atoms with Crippen LogP contribution in [0.15, 0.2) is 101 Å². The van der Waals surface area contributed by atoms with E-state index in [0.29, 0.717) is 65.6 Å². The van der Waals surface area contributed by atoms with E-state index in [1.54, 1.807) is 23.7 Å². The van der Waals surface area contributed by atoms with Gasteiger partial charge in [-0.2, -0.15) is 20.4 Å². The predicted octanol–water partition coefficient (Wildman–Crippen LogP) is 12.3. The summed E-state index contributed by atoms with van der Waals surface area (Å²) in [7, 11) is -0.263. The van der Waals surface area contributed by atoms with Crippen LogP contribution in [0.1, 0.15) is 111 Å². The first-order chi connectivity index (χ1) is 59.1. The van der Waals surface area contributed by atoms with Crippen molar-refractivity contribution < 1.29 is 83.3 Å². The van der Waals surface area contributed by atoms with Crippen LogP contribution in [0.25, 0.3) is 21.1 Å². The molecule has 1 saturated heterocycles. The van der Waals surface area contributed by atoms with E-state index in [4.69, 9.17) is 9.31 Å². The molecule has 37 nitrogen and oxygen atoms in total. The quantitative estimate of drug-likeness (QED) is 0.0189. The standard InChI is InChI=1S/2C18H16F2N6O3S.2C14H12BrF2N5O3.C10H16BNO2S/c1-10-21-5-16(30-10)12-2-3-15(26(28)29)13(22-12)4-18(27)24-6-11-7-25(9-17(19)20)23-14(11)8-24;1-10-21-6-16(30-10)12-2-3-14(26(28)29)13(23-12)4-18(27)24-7-11-5-22-25(9-17(19)20)15(11)8-24;15-12-2-1-11(22(24)25)9(18-12)3-14(23)20-4-8-5-21(7-13(16)17)19-10(8)6-20;15-12-2-1-10(22(24)25)9(19-12)3-14(23)20-5-8-4-18-21(7-13(16)17)11(8)6-20;1-7-12-6-8(15-7)11-13-9(2,3)10(4,5)14-11/h2-3,5,7,17H,4,6,8-9H2,1H3;2-3,5-6,17H,4,7-9H2,1H3;1-2,5,13H,3-4,6-7H2;1-2,4,13H,3,5-7H2;6H,1-5H3. The third kappa shape index (κ3) is 22.8. The highest BCUT2D eigenvalue weighted by Gasteiger charge is 2.52. The minimum Gasteiger partial charge on any atom is -0.399 e. The number of nitrogens with zero attached hydrogens (tertiary/aromatic N) is 23. The third-order valence-electron chi connectivity index (χ3n) is 20.1. The Morgan fingerprint density at radius 3 is 1.07 bits per heavy atom. The molecule has 0 unspecified atom stereocenters. The normalized spacial score (nSPS) is 14.5. The molecule has 51 heteroatoms. The molecule has 16 heterocycles. The Kier molecular flexibility index (Phi) is 28.9. The van der Waals surface area contributed by atoms with Crippen LogP contribution in [0.5, 0.6) is 0 Å². The fourth-order valence-corrected chi connectivity index (χ4v) is 16.3. The summed E-state index contributed by atoms with van der Waals surface area (Å²) in [6.07, 6.45) is -0.0572. The van der Waals surface area contributed by atoms with E-state index in [-0.39, 0.29) is 166 Å². The predicted molar refractivity (Wildman–Crippen MR) is 438 cm³/mol. The molecule has 1 fully saturated rings. The van der Waals surface area contributed by atoms with E-state index < -0.39 is 71.6 Å². The third-order valence-corrected chi connectivity index (χ3v) is 23.8. The molecule has 16 rings (SSSR count). The maximum atomic E-state index is 12.8. The van der Waals surface area contributed by atoms with Crippen LogP contribution < -0.4 is 4.78 Å². The topological polar surface area (TPSA) is 434 Å². The summed E-state index contributed by atoms with van der Waals surface area (Å²) in [5.41, 5.74) is 4.81. The number of nitro groups is 4. The highest BCUT2D eigenvalue weighted by molar-refractivity contribution is 9.10. The molecule has 0 atom stereocenters. The Hall–Kier alpha value is -11.8. The van der Waals surface area contributed by atoms with Crippen molar-refractivity contribution in [1.82, 2.24) is 93.6 Å². The number of aryl methyl sites for hydroxylation is 3. The fourth-order valence-electron chi connectivity index (χ4n) is 13.4. The largest absolute Gasteiger partial charge is 0.507 e. The SMILES string of the molecule is Cc1ncc(-c2ccc([N+](=O)[O-])c(CC(=O)N3Cc4cn(CC(F)F)nc4C3)n2)s1.Cc1ncc(-c2ccc([N+](=O)[O-])c(CC(=O)N3Cc4cnn(CC(F)F)c4C3)n2)s1.Cc1ncc(B2OC(C)(C)C(C)(C)O2)s1.O=C(Cc1nc(Br)ccc1[N+](=O)[O-])N1Cc2cn(CC(F)F)nc2C1.O=C(Cc1nc(Br)ccc1[N+](=O)[O-])N1Cc2cnn(CC(F)F)c2C1. The first-order valence-corrected chi connectivity index (χ1v) is 41.6. The minimum atomic E-state index is -2.55. The van der Waals surface area contributed by atoms with E-state index in [0.717, 1.165) is 34.2 Å². The lowest BCUT2D eigenvalue weighted by molar-refractivity contribution is -0.386. The molecular formula is C74H72BBr2F8N23O14S3. The van der Waals surface area contributed by atoms with Gasteiger partial charge in [-0.25, -0.2) is 65.0 Å². The number of carbonyl (C=O) groups is 4. The number of hydrogen-bond donors (Lipinski definition) is 0. The number of aromatic nitrogens is 15. The average molecular weight is 1930 g/mol. The number of hydrogen-bond acceptors (Lipinski definition) is 28.